The minimum absolute atomic E-state index is 0.0356. The van der Waals surface area contributed by atoms with Gasteiger partial charge in [0.25, 0.3) is 0 Å². The Hall–Kier alpha value is -2.62. The van der Waals surface area contributed by atoms with Gasteiger partial charge in [-0.3, -0.25) is 4.79 Å². The number of aryl methyl sites for hydroxylation is 1. The van der Waals surface area contributed by atoms with Gasteiger partial charge in [-0.05, 0) is 42.0 Å². The smallest absolute Gasteiger partial charge is 0.228 e. The lowest BCUT2D eigenvalue weighted by Crippen LogP contribution is -2.11. The van der Waals surface area contributed by atoms with E-state index in [1.54, 1.807) is 12.3 Å². The highest BCUT2D eigenvalue weighted by molar-refractivity contribution is 6.09. The van der Waals surface area contributed by atoms with Crippen molar-refractivity contribution in [3.8, 4) is 0 Å². The van der Waals surface area contributed by atoms with Crippen LogP contribution in [0.15, 0.2) is 47.1 Å². The van der Waals surface area contributed by atoms with Crippen molar-refractivity contribution >= 4 is 5.78 Å². The first-order valence-electron chi connectivity index (χ1n) is 9.12. The Labute approximate surface area is 154 Å². The minimum atomic E-state index is -0.0356. The molecular formula is C22H26N2O2. The number of carbonyl (C=O) groups is 1. The van der Waals surface area contributed by atoms with E-state index in [1.807, 2.05) is 42.0 Å². The van der Waals surface area contributed by atoms with Crippen molar-refractivity contribution in [2.75, 3.05) is 0 Å². The SMILES string of the molecule is Cc1nccn1Cc1ccc(C(=O)c2c(C(C)C)cccc2C(C)C)o1. The van der Waals surface area contributed by atoms with Gasteiger partial charge in [0.2, 0.25) is 5.78 Å². The third-order valence-corrected chi connectivity index (χ3v) is 4.74. The van der Waals surface area contributed by atoms with Crippen LogP contribution >= 0.6 is 0 Å². The zero-order valence-electron chi connectivity index (χ0n) is 16.1. The summed E-state index contributed by atoms with van der Waals surface area (Å²) in [7, 11) is 0. The first-order chi connectivity index (χ1) is 12.4. The zero-order valence-corrected chi connectivity index (χ0v) is 16.1. The molecule has 2 heterocycles. The predicted molar refractivity (Wildman–Crippen MR) is 103 cm³/mol. The molecule has 0 saturated heterocycles. The summed E-state index contributed by atoms with van der Waals surface area (Å²) >= 11 is 0. The summed E-state index contributed by atoms with van der Waals surface area (Å²) in [5, 5.41) is 0. The summed E-state index contributed by atoms with van der Waals surface area (Å²) in [6.45, 7) is 11.0. The van der Waals surface area contributed by atoms with E-state index in [9.17, 15) is 4.79 Å². The highest BCUT2D eigenvalue weighted by Gasteiger charge is 2.23. The maximum Gasteiger partial charge on any atom is 0.228 e. The fraction of sp³-hybridized carbons (Fsp3) is 0.364. The summed E-state index contributed by atoms with van der Waals surface area (Å²) < 4.78 is 7.89. The lowest BCUT2D eigenvalue weighted by atomic mass is 9.86. The van der Waals surface area contributed by atoms with Crippen molar-refractivity contribution < 1.29 is 9.21 Å². The van der Waals surface area contributed by atoms with Gasteiger partial charge < -0.3 is 8.98 Å². The molecule has 3 rings (SSSR count). The van der Waals surface area contributed by atoms with Crippen LogP contribution in [0.25, 0.3) is 0 Å². The molecule has 0 aliphatic carbocycles. The van der Waals surface area contributed by atoms with Gasteiger partial charge in [0.15, 0.2) is 5.76 Å². The monoisotopic (exact) mass is 350 g/mol. The fourth-order valence-electron chi connectivity index (χ4n) is 3.26. The van der Waals surface area contributed by atoms with Crippen LogP contribution in [-0.2, 0) is 6.54 Å². The van der Waals surface area contributed by atoms with Crippen molar-refractivity contribution in [1.29, 1.82) is 0 Å². The molecule has 0 bridgehead atoms. The minimum Gasteiger partial charge on any atom is -0.456 e. The van der Waals surface area contributed by atoms with Crippen molar-refractivity contribution in [1.82, 2.24) is 9.55 Å². The molecule has 0 aliphatic heterocycles. The number of hydrogen-bond donors (Lipinski definition) is 0. The van der Waals surface area contributed by atoms with Gasteiger partial charge in [-0.25, -0.2) is 4.98 Å². The average Bonchev–Trinajstić information content (AvgIpc) is 3.23. The molecule has 0 atom stereocenters. The second-order valence-corrected chi connectivity index (χ2v) is 7.32. The summed E-state index contributed by atoms with van der Waals surface area (Å²) in [6.07, 6.45) is 3.67. The van der Waals surface area contributed by atoms with E-state index in [0.29, 0.717) is 12.3 Å². The van der Waals surface area contributed by atoms with E-state index in [-0.39, 0.29) is 17.6 Å². The standard InChI is InChI=1S/C22H26N2O2/c1-14(2)18-7-6-8-19(15(3)4)21(18)22(25)20-10-9-17(26-20)13-24-12-11-23-16(24)5/h6-12,14-15H,13H2,1-5H3. The Kier molecular flexibility index (Phi) is 5.12. The summed E-state index contributed by atoms with van der Waals surface area (Å²) in [5.74, 6) is 2.58. The first kappa shape index (κ1) is 18.2. The Balaban J connectivity index is 1.96. The number of imidazole rings is 1. The van der Waals surface area contributed by atoms with Crippen LogP contribution in [0.1, 0.15) is 78.4 Å². The molecule has 0 fully saturated rings. The number of nitrogens with zero attached hydrogens (tertiary/aromatic N) is 2. The third-order valence-electron chi connectivity index (χ3n) is 4.74. The van der Waals surface area contributed by atoms with Gasteiger partial charge >= 0.3 is 0 Å². The first-order valence-corrected chi connectivity index (χ1v) is 9.12. The Morgan fingerprint density at radius 3 is 2.27 bits per heavy atom. The molecule has 2 aromatic heterocycles. The number of carbonyl (C=O) groups excluding carboxylic acids is 1. The van der Waals surface area contributed by atoms with E-state index in [2.05, 4.69) is 32.7 Å². The third kappa shape index (κ3) is 3.50. The maximum atomic E-state index is 13.3. The molecule has 0 saturated carbocycles. The molecule has 3 aromatic rings. The summed E-state index contributed by atoms with van der Waals surface area (Å²) in [6, 6.07) is 9.78. The van der Waals surface area contributed by atoms with E-state index < -0.39 is 0 Å². The quantitative estimate of drug-likeness (QED) is 0.566. The second kappa shape index (κ2) is 7.32. The molecule has 26 heavy (non-hydrogen) atoms. The van der Waals surface area contributed by atoms with Crippen LogP contribution in [-0.4, -0.2) is 15.3 Å². The summed E-state index contributed by atoms with van der Waals surface area (Å²) in [5.41, 5.74) is 2.94. The Bertz CT molecular complexity index is 890. The van der Waals surface area contributed by atoms with Crippen LogP contribution in [0, 0.1) is 6.92 Å². The average molecular weight is 350 g/mol. The second-order valence-electron chi connectivity index (χ2n) is 7.32. The van der Waals surface area contributed by atoms with Gasteiger partial charge in [-0.1, -0.05) is 45.9 Å². The molecular weight excluding hydrogens is 324 g/mol. The zero-order chi connectivity index (χ0) is 18.8. The molecule has 0 spiro atoms. The Morgan fingerprint density at radius 2 is 1.73 bits per heavy atom. The highest BCUT2D eigenvalue weighted by Crippen LogP contribution is 2.30. The van der Waals surface area contributed by atoms with E-state index in [0.717, 1.165) is 28.3 Å². The molecule has 0 aliphatic rings. The van der Waals surface area contributed by atoms with Crippen molar-refractivity contribution in [2.45, 2.75) is 53.0 Å². The van der Waals surface area contributed by atoms with E-state index in [4.69, 9.17) is 4.42 Å². The number of hydrogen-bond acceptors (Lipinski definition) is 3. The molecule has 0 unspecified atom stereocenters. The normalized spacial score (nSPS) is 11.5. The van der Waals surface area contributed by atoms with Crippen LogP contribution < -0.4 is 0 Å². The number of ketones is 1. The van der Waals surface area contributed by atoms with E-state index in [1.165, 1.54) is 0 Å². The topological polar surface area (TPSA) is 48.0 Å². The van der Waals surface area contributed by atoms with Crippen LogP contribution in [0.3, 0.4) is 0 Å². The van der Waals surface area contributed by atoms with Gasteiger partial charge in [0.1, 0.15) is 11.6 Å². The lowest BCUT2D eigenvalue weighted by Gasteiger charge is -2.17. The maximum absolute atomic E-state index is 13.3. The number of furan rings is 1. The number of benzene rings is 1. The van der Waals surface area contributed by atoms with Crippen molar-refractivity contribution in [2.24, 2.45) is 0 Å². The van der Waals surface area contributed by atoms with Gasteiger partial charge in [-0.2, -0.15) is 0 Å². The summed E-state index contributed by atoms with van der Waals surface area (Å²) in [4.78, 5) is 17.5. The molecule has 4 nitrogen and oxygen atoms in total. The van der Waals surface area contributed by atoms with Gasteiger partial charge in [0.05, 0.1) is 6.54 Å². The van der Waals surface area contributed by atoms with E-state index >= 15 is 0 Å². The van der Waals surface area contributed by atoms with Crippen LogP contribution in [0.5, 0.6) is 0 Å². The number of rotatable bonds is 6. The van der Waals surface area contributed by atoms with Crippen molar-refractivity contribution in [3.05, 3.63) is 76.8 Å². The van der Waals surface area contributed by atoms with Crippen LogP contribution in [0.2, 0.25) is 0 Å². The highest BCUT2D eigenvalue weighted by atomic mass is 16.3. The predicted octanol–water partition coefficient (Wildman–Crippen LogP) is 5.31. The lowest BCUT2D eigenvalue weighted by molar-refractivity contribution is 0.100. The van der Waals surface area contributed by atoms with Gasteiger partial charge in [-0.15, -0.1) is 0 Å². The Morgan fingerprint density at radius 1 is 1.08 bits per heavy atom. The molecule has 0 radical (unpaired) electrons. The molecule has 1 aromatic carbocycles. The van der Waals surface area contributed by atoms with Crippen LogP contribution in [0.4, 0.5) is 0 Å². The molecule has 4 heteroatoms. The molecule has 136 valence electrons. The fourth-order valence-corrected chi connectivity index (χ4v) is 3.26. The number of aromatic nitrogens is 2. The molecule has 0 N–H and O–H groups in total. The van der Waals surface area contributed by atoms with Gasteiger partial charge in [0, 0.05) is 18.0 Å². The largest absolute Gasteiger partial charge is 0.456 e. The molecule has 0 amide bonds. The van der Waals surface area contributed by atoms with Crippen molar-refractivity contribution in [3.63, 3.8) is 0 Å².